The first-order valence-electron chi connectivity index (χ1n) is 10.6. The van der Waals surface area contributed by atoms with Crippen LogP contribution in [0.4, 0.5) is 8.78 Å². The molecule has 1 atom stereocenters. The van der Waals surface area contributed by atoms with Crippen molar-refractivity contribution in [2.45, 2.75) is 32.7 Å². The number of hydrogen-bond donors (Lipinski definition) is 3. The summed E-state index contributed by atoms with van der Waals surface area (Å²) in [6.07, 6.45) is 1.34. The van der Waals surface area contributed by atoms with Gasteiger partial charge in [0.2, 0.25) is 5.91 Å². The fourth-order valence-corrected chi connectivity index (χ4v) is 3.79. The lowest BCUT2D eigenvalue weighted by molar-refractivity contribution is -0.125. The molecule has 0 heterocycles. The molecule has 33 heavy (non-hydrogen) atoms. The van der Waals surface area contributed by atoms with Gasteiger partial charge in [-0.05, 0) is 56.0 Å². The quantitative estimate of drug-likeness (QED) is 0.395. The summed E-state index contributed by atoms with van der Waals surface area (Å²) in [6.45, 7) is 1.60. The number of amides is 1. The first-order chi connectivity index (χ1) is 15.7. The highest BCUT2D eigenvalue weighted by atomic mass is 19.1. The van der Waals surface area contributed by atoms with Gasteiger partial charge in [-0.1, -0.05) is 30.3 Å². The number of carbonyl (C=O) groups is 2. The van der Waals surface area contributed by atoms with E-state index in [1.54, 1.807) is 6.92 Å². The van der Waals surface area contributed by atoms with Gasteiger partial charge < -0.3 is 15.5 Å². The Labute approximate surface area is 190 Å². The summed E-state index contributed by atoms with van der Waals surface area (Å²) < 4.78 is 26.3. The van der Waals surface area contributed by atoms with Gasteiger partial charge in [-0.15, -0.1) is 0 Å². The van der Waals surface area contributed by atoms with Crippen molar-refractivity contribution < 1.29 is 28.6 Å². The number of halogens is 2. The molecule has 4 rings (SSSR count). The van der Waals surface area contributed by atoms with E-state index in [4.69, 9.17) is 0 Å². The first-order valence-corrected chi connectivity index (χ1v) is 10.6. The van der Waals surface area contributed by atoms with Crippen LogP contribution in [0.5, 0.6) is 11.5 Å². The third-order valence-corrected chi connectivity index (χ3v) is 5.52. The lowest BCUT2D eigenvalue weighted by Crippen LogP contribution is -2.33. The molecule has 0 radical (unpaired) electrons. The number of phenolic OH excluding ortho intramolecular Hbond substituents is 2. The lowest BCUT2D eigenvalue weighted by atomic mass is 9.82. The summed E-state index contributed by atoms with van der Waals surface area (Å²) in [4.78, 5) is 22.9. The third-order valence-electron chi connectivity index (χ3n) is 5.52. The number of carbonyl (C=O) groups excluding carboxylic acids is 2. The van der Waals surface area contributed by atoms with Crippen molar-refractivity contribution >= 4 is 11.7 Å². The van der Waals surface area contributed by atoms with Crippen molar-refractivity contribution in [1.29, 1.82) is 0 Å². The van der Waals surface area contributed by atoms with Crippen LogP contribution in [0.2, 0.25) is 0 Å². The Bertz CT molecular complexity index is 1130. The normalized spacial score (nSPS) is 14.5. The van der Waals surface area contributed by atoms with Crippen LogP contribution in [0.25, 0.3) is 0 Å². The number of rotatable bonds is 4. The Morgan fingerprint density at radius 2 is 1.55 bits per heavy atom. The van der Waals surface area contributed by atoms with Crippen LogP contribution in [-0.2, 0) is 24.2 Å². The van der Waals surface area contributed by atoms with Crippen LogP contribution in [0, 0.1) is 17.6 Å². The maximum absolute atomic E-state index is 13.2. The molecule has 0 saturated heterocycles. The molecule has 0 saturated carbocycles. The Morgan fingerprint density at radius 1 is 0.939 bits per heavy atom. The van der Waals surface area contributed by atoms with Crippen molar-refractivity contribution in [1.82, 2.24) is 5.32 Å². The molecule has 0 bridgehead atoms. The molecule has 0 aromatic heterocycles. The molecule has 5 nitrogen and oxygen atoms in total. The standard InChI is InChI=1S/C18H17F2NO3.C8H8O/c19-12-5-10(6-13(20)8-12)9-21-18(24)11-1-2-14-15(7-11)17(23)4-3-16(14)22;1-7(9)8-5-3-2-4-6-8/h3-6,8,11,22-23H,1-2,7,9H2,(H,21,24);2-6H,1H3. The summed E-state index contributed by atoms with van der Waals surface area (Å²) in [5, 5.41) is 22.4. The second-order valence-corrected chi connectivity index (χ2v) is 7.92. The molecule has 1 aliphatic carbocycles. The van der Waals surface area contributed by atoms with Gasteiger partial charge in [-0.2, -0.15) is 0 Å². The van der Waals surface area contributed by atoms with Crippen molar-refractivity contribution in [3.63, 3.8) is 0 Å². The number of phenols is 2. The van der Waals surface area contributed by atoms with E-state index >= 15 is 0 Å². The van der Waals surface area contributed by atoms with Gasteiger partial charge in [-0.25, -0.2) is 8.78 Å². The lowest BCUT2D eigenvalue weighted by Gasteiger charge is -2.25. The Kier molecular flexibility index (Phi) is 7.77. The monoisotopic (exact) mass is 453 g/mol. The molecular weight excluding hydrogens is 428 g/mol. The highest BCUT2D eigenvalue weighted by Crippen LogP contribution is 2.36. The smallest absolute Gasteiger partial charge is 0.223 e. The van der Waals surface area contributed by atoms with Crippen LogP contribution in [-0.4, -0.2) is 21.9 Å². The Hall–Kier alpha value is -3.74. The van der Waals surface area contributed by atoms with Gasteiger partial charge in [0, 0.05) is 35.2 Å². The van der Waals surface area contributed by atoms with Gasteiger partial charge in [-0.3, -0.25) is 9.59 Å². The van der Waals surface area contributed by atoms with Crippen molar-refractivity contribution in [2.75, 3.05) is 0 Å². The molecule has 7 heteroatoms. The van der Waals surface area contributed by atoms with Gasteiger partial charge in [0.1, 0.15) is 23.1 Å². The van der Waals surface area contributed by atoms with Gasteiger partial charge in [0.05, 0.1) is 0 Å². The van der Waals surface area contributed by atoms with E-state index in [0.29, 0.717) is 36.0 Å². The van der Waals surface area contributed by atoms with Crippen molar-refractivity contribution in [3.05, 3.63) is 94.6 Å². The summed E-state index contributed by atoms with van der Waals surface area (Å²) in [7, 11) is 0. The fourth-order valence-electron chi connectivity index (χ4n) is 3.79. The van der Waals surface area contributed by atoms with Crippen LogP contribution >= 0.6 is 0 Å². The number of Topliss-reactive ketones (excluding diaryl/α,β-unsaturated/α-hetero) is 1. The van der Waals surface area contributed by atoms with Crippen molar-refractivity contribution in [2.24, 2.45) is 5.92 Å². The van der Waals surface area contributed by atoms with E-state index in [2.05, 4.69) is 5.32 Å². The summed E-state index contributed by atoms with van der Waals surface area (Å²) in [6, 6.07) is 15.2. The zero-order valence-corrected chi connectivity index (χ0v) is 18.1. The molecule has 1 aliphatic rings. The minimum absolute atomic E-state index is 0.0306. The highest BCUT2D eigenvalue weighted by Gasteiger charge is 2.28. The Morgan fingerprint density at radius 3 is 2.12 bits per heavy atom. The number of aromatic hydroxyl groups is 2. The maximum Gasteiger partial charge on any atom is 0.223 e. The molecule has 3 N–H and O–H groups in total. The number of ketones is 1. The average Bonchev–Trinajstić information content (AvgIpc) is 2.80. The van der Waals surface area contributed by atoms with E-state index in [1.807, 2.05) is 30.3 Å². The third kappa shape index (κ3) is 6.38. The fraction of sp³-hybridized carbons (Fsp3) is 0.231. The second kappa shape index (κ2) is 10.7. The van der Waals surface area contributed by atoms with E-state index in [1.165, 1.54) is 24.3 Å². The molecule has 1 unspecified atom stereocenters. The predicted molar refractivity (Wildman–Crippen MR) is 120 cm³/mol. The van der Waals surface area contributed by atoms with Gasteiger partial charge >= 0.3 is 0 Å². The number of nitrogens with one attached hydrogen (secondary N) is 1. The van der Waals surface area contributed by atoms with Crippen LogP contribution in [0.1, 0.15) is 40.4 Å². The van der Waals surface area contributed by atoms with Crippen LogP contribution < -0.4 is 5.32 Å². The zero-order valence-electron chi connectivity index (χ0n) is 18.1. The van der Waals surface area contributed by atoms with Gasteiger partial charge in [0.15, 0.2) is 5.78 Å². The Balaban J connectivity index is 0.000000286. The first kappa shape index (κ1) is 23.9. The summed E-state index contributed by atoms with van der Waals surface area (Å²) in [5.41, 5.74) is 2.37. The molecule has 1 amide bonds. The largest absolute Gasteiger partial charge is 0.508 e. The molecule has 3 aromatic rings. The van der Waals surface area contributed by atoms with Crippen molar-refractivity contribution in [3.8, 4) is 11.5 Å². The van der Waals surface area contributed by atoms with E-state index in [9.17, 15) is 28.6 Å². The molecule has 0 fully saturated rings. The average molecular weight is 453 g/mol. The summed E-state index contributed by atoms with van der Waals surface area (Å²) in [5.74, 6) is -1.67. The molecular formula is C26H25F2NO4. The second-order valence-electron chi connectivity index (χ2n) is 7.92. The topological polar surface area (TPSA) is 86.6 Å². The molecule has 3 aromatic carbocycles. The molecule has 0 aliphatic heterocycles. The minimum atomic E-state index is -0.689. The predicted octanol–water partition coefficient (Wildman–Crippen LogP) is 4.69. The SMILES string of the molecule is CC(=O)c1ccccc1.O=C(NCc1cc(F)cc(F)c1)C1CCc2c(O)ccc(O)c2C1. The van der Waals surface area contributed by atoms with Crippen LogP contribution in [0.15, 0.2) is 60.7 Å². The molecule has 0 spiro atoms. The van der Waals surface area contributed by atoms with Gasteiger partial charge in [0.25, 0.3) is 0 Å². The maximum atomic E-state index is 13.2. The molecule has 172 valence electrons. The minimum Gasteiger partial charge on any atom is -0.508 e. The van der Waals surface area contributed by atoms with E-state index in [0.717, 1.165) is 11.6 Å². The summed E-state index contributed by atoms with van der Waals surface area (Å²) >= 11 is 0. The number of fused-ring (bicyclic) bond motifs is 1. The number of benzene rings is 3. The number of hydrogen-bond acceptors (Lipinski definition) is 4. The van der Waals surface area contributed by atoms with Crippen LogP contribution in [0.3, 0.4) is 0 Å². The van der Waals surface area contributed by atoms with E-state index < -0.39 is 11.6 Å². The highest BCUT2D eigenvalue weighted by molar-refractivity contribution is 5.93. The van der Waals surface area contributed by atoms with E-state index in [-0.39, 0.29) is 35.7 Å². The zero-order chi connectivity index (χ0) is 24.0.